The molecule has 1 aliphatic heterocycles. The molecule has 0 spiro atoms. The van der Waals surface area contributed by atoms with E-state index >= 15 is 0 Å². The number of hydrogen-bond acceptors (Lipinski definition) is 4. The van der Waals surface area contributed by atoms with Gasteiger partial charge >= 0.3 is 0 Å². The van der Waals surface area contributed by atoms with Crippen molar-refractivity contribution in [2.24, 2.45) is 0 Å². The molecule has 18 heavy (non-hydrogen) atoms. The first-order chi connectivity index (χ1) is 8.20. The van der Waals surface area contributed by atoms with Gasteiger partial charge < -0.3 is 9.47 Å². The van der Waals surface area contributed by atoms with E-state index in [2.05, 4.69) is 10.1 Å². The molecule has 0 aromatic heterocycles. The van der Waals surface area contributed by atoms with Crippen LogP contribution >= 0.6 is 0 Å². The van der Waals surface area contributed by atoms with Crippen LogP contribution in [0.4, 0.5) is 4.39 Å². The monoisotopic (exact) mass is 263 g/mol. The summed E-state index contributed by atoms with van der Waals surface area (Å²) < 4.78 is 21.7. The molecule has 1 aliphatic rings. The highest BCUT2D eigenvalue weighted by molar-refractivity contribution is 5.37. The number of carbonyl (C=O) groups excluding carboxylic acids is 1. The molecule has 108 valence electrons. The Labute approximate surface area is 109 Å². The van der Waals surface area contributed by atoms with Crippen molar-refractivity contribution >= 4 is 6.47 Å². The van der Waals surface area contributed by atoms with Crippen LogP contribution in [0, 0.1) is 0 Å². The molecule has 0 bridgehead atoms. The Morgan fingerprint density at radius 2 is 2.11 bits per heavy atom. The van der Waals surface area contributed by atoms with Crippen molar-refractivity contribution < 1.29 is 18.7 Å². The molecule has 0 aromatic carbocycles. The average molecular weight is 263 g/mol. The predicted octanol–water partition coefficient (Wildman–Crippen LogP) is 2.42. The number of carbonyl (C=O) groups is 1. The second-order valence-electron chi connectivity index (χ2n) is 5.82. The molecule has 1 atom stereocenters. The minimum Gasteiger partial charge on any atom is -0.462 e. The summed E-state index contributed by atoms with van der Waals surface area (Å²) in [5.41, 5.74) is -0.525. The fourth-order valence-corrected chi connectivity index (χ4v) is 1.51. The minimum atomic E-state index is -0.318. The summed E-state index contributed by atoms with van der Waals surface area (Å²) in [7, 11) is 0. The van der Waals surface area contributed by atoms with Crippen LogP contribution in [0.1, 0.15) is 47.5 Å². The van der Waals surface area contributed by atoms with Crippen LogP contribution in [-0.4, -0.2) is 37.1 Å². The Hall–Kier alpha value is -0.680. The lowest BCUT2D eigenvalue weighted by Gasteiger charge is -2.17. The van der Waals surface area contributed by atoms with Gasteiger partial charge in [-0.25, -0.2) is 0 Å². The summed E-state index contributed by atoms with van der Waals surface area (Å²) in [6, 6.07) is 0.348. The number of ether oxygens (including phenoxy) is 2. The third-order valence-corrected chi connectivity index (χ3v) is 2.28. The number of halogens is 1. The first-order valence-electron chi connectivity index (χ1n) is 6.29. The van der Waals surface area contributed by atoms with Crippen molar-refractivity contribution in [3.8, 4) is 0 Å². The van der Waals surface area contributed by atoms with E-state index in [1.807, 2.05) is 34.6 Å². The third-order valence-electron chi connectivity index (χ3n) is 2.28. The maximum atomic E-state index is 11.8. The highest BCUT2D eigenvalue weighted by atomic mass is 19.1. The zero-order chi connectivity index (χ0) is 14.2. The van der Waals surface area contributed by atoms with Gasteiger partial charge in [0.1, 0.15) is 11.3 Å². The van der Waals surface area contributed by atoms with Crippen molar-refractivity contribution in [1.82, 2.24) is 5.32 Å². The maximum Gasteiger partial charge on any atom is 0.293 e. The number of hydrogen-bond donors (Lipinski definition) is 1. The van der Waals surface area contributed by atoms with Gasteiger partial charge in [-0.2, -0.15) is 0 Å². The van der Waals surface area contributed by atoms with Crippen molar-refractivity contribution in [1.29, 1.82) is 0 Å². The Morgan fingerprint density at radius 1 is 1.50 bits per heavy atom. The zero-order valence-corrected chi connectivity index (χ0v) is 12.1. The summed E-state index contributed by atoms with van der Waals surface area (Å²) in [4.78, 5) is 9.60. The summed E-state index contributed by atoms with van der Waals surface area (Å²) in [6.07, 6.45) is 1.51. The van der Waals surface area contributed by atoms with E-state index in [0.717, 1.165) is 6.42 Å². The van der Waals surface area contributed by atoms with E-state index < -0.39 is 0 Å². The SMILES string of the molecule is CC(C)(C)OC=O.CC1(C)N[C@@H](CCCF)CO1. The molecule has 0 saturated carbocycles. The lowest BCUT2D eigenvalue weighted by molar-refractivity contribution is -0.138. The Kier molecular flexibility index (Phi) is 7.40. The second kappa shape index (κ2) is 7.69. The van der Waals surface area contributed by atoms with Crippen LogP contribution < -0.4 is 5.32 Å². The van der Waals surface area contributed by atoms with Gasteiger partial charge in [-0.05, 0) is 47.5 Å². The fourth-order valence-electron chi connectivity index (χ4n) is 1.51. The molecule has 5 heteroatoms. The predicted molar refractivity (Wildman–Crippen MR) is 69.1 cm³/mol. The fraction of sp³-hybridized carbons (Fsp3) is 0.923. The van der Waals surface area contributed by atoms with Crippen LogP contribution in [0.2, 0.25) is 0 Å². The summed E-state index contributed by atoms with van der Waals surface area (Å²) in [5, 5.41) is 3.28. The minimum absolute atomic E-state index is 0.207. The topological polar surface area (TPSA) is 47.6 Å². The summed E-state index contributed by atoms with van der Waals surface area (Å²) in [6.45, 7) is 10.4. The van der Waals surface area contributed by atoms with Gasteiger partial charge in [0.05, 0.1) is 13.3 Å². The molecule has 0 aliphatic carbocycles. The van der Waals surface area contributed by atoms with E-state index in [1.54, 1.807) is 0 Å². The first kappa shape index (κ1) is 17.3. The van der Waals surface area contributed by atoms with Crippen LogP contribution in [0.15, 0.2) is 0 Å². The summed E-state index contributed by atoms with van der Waals surface area (Å²) in [5.74, 6) is 0. The van der Waals surface area contributed by atoms with Gasteiger partial charge in [0.2, 0.25) is 0 Å². The molecule has 0 unspecified atom stereocenters. The van der Waals surface area contributed by atoms with Crippen LogP contribution in [0.3, 0.4) is 0 Å². The molecule has 1 heterocycles. The molecule has 4 nitrogen and oxygen atoms in total. The van der Waals surface area contributed by atoms with Gasteiger partial charge in [0.25, 0.3) is 6.47 Å². The molecule has 0 radical (unpaired) electrons. The van der Waals surface area contributed by atoms with Crippen LogP contribution in [-0.2, 0) is 14.3 Å². The summed E-state index contributed by atoms with van der Waals surface area (Å²) >= 11 is 0. The molecule has 0 amide bonds. The Morgan fingerprint density at radius 3 is 2.39 bits per heavy atom. The van der Waals surface area contributed by atoms with E-state index in [-0.39, 0.29) is 18.0 Å². The number of rotatable bonds is 4. The van der Waals surface area contributed by atoms with E-state index in [0.29, 0.717) is 25.5 Å². The zero-order valence-electron chi connectivity index (χ0n) is 12.1. The number of nitrogens with one attached hydrogen (secondary N) is 1. The molecular weight excluding hydrogens is 237 g/mol. The van der Waals surface area contributed by atoms with Crippen molar-refractivity contribution in [2.75, 3.05) is 13.3 Å². The lowest BCUT2D eigenvalue weighted by Crippen LogP contribution is -2.38. The largest absolute Gasteiger partial charge is 0.462 e. The molecule has 1 fully saturated rings. The highest BCUT2D eigenvalue weighted by Gasteiger charge is 2.29. The smallest absolute Gasteiger partial charge is 0.293 e. The third kappa shape index (κ3) is 9.36. The standard InChI is InChI=1S/C8H16FNO.C5H10O2/c1-8(2)10-7(6-11-8)4-3-5-9;1-5(2,3)7-4-6/h7,10H,3-6H2,1-2H3;4H,1-3H3/t7-;/m0./s1. The number of alkyl halides is 1. The average Bonchev–Trinajstić information content (AvgIpc) is 2.54. The molecule has 1 rings (SSSR count). The first-order valence-corrected chi connectivity index (χ1v) is 6.29. The Balaban J connectivity index is 0.000000360. The molecule has 1 N–H and O–H groups in total. The van der Waals surface area contributed by atoms with Gasteiger partial charge in [-0.3, -0.25) is 14.5 Å². The molecular formula is C13H26FNO3. The van der Waals surface area contributed by atoms with E-state index in [9.17, 15) is 9.18 Å². The van der Waals surface area contributed by atoms with Crippen molar-refractivity contribution in [3.05, 3.63) is 0 Å². The maximum absolute atomic E-state index is 11.8. The van der Waals surface area contributed by atoms with E-state index in [4.69, 9.17) is 4.74 Å². The van der Waals surface area contributed by atoms with Crippen LogP contribution in [0.25, 0.3) is 0 Å². The van der Waals surface area contributed by atoms with Crippen LogP contribution in [0.5, 0.6) is 0 Å². The Bertz CT molecular complexity index is 239. The van der Waals surface area contributed by atoms with Crippen molar-refractivity contribution in [3.63, 3.8) is 0 Å². The molecule has 0 aromatic rings. The van der Waals surface area contributed by atoms with Crippen molar-refractivity contribution in [2.45, 2.75) is 64.8 Å². The van der Waals surface area contributed by atoms with Gasteiger partial charge in [-0.1, -0.05) is 0 Å². The highest BCUT2D eigenvalue weighted by Crippen LogP contribution is 2.16. The van der Waals surface area contributed by atoms with Gasteiger partial charge in [0.15, 0.2) is 0 Å². The quantitative estimate of drug-likeness (QED) is 0.791. The van der Waals surface area contributed by atoms with E-state index in [1.165, 1.54) is 0 Å². The van der Waals surface area contributed by atoms with Gasteiger partial charge in [0, 0.05) is 6.04 Å². The van der Waals surface area contributed by atoms with Gasteiger partial charge in [-0.15, -0.1) is 0 Å². The molecule has 1 saturated heterocycles. The lowest BCUT2D eigenvalue weighted by atomic mass is 10.2. The normalized spacial score (nSPS) is 22.0. The second-order valence-corrected chi connectivity index (χ2v) is 5.82.